The summed E-state index contributed by atoms with van der Waals surface area (Å²) >= 11 is 0. The summed E-state index contributed by atoms with van der Waals surface area (Å²) in [6.45, 7) is 1.76. The molecule has 1 aliphatic heterocycles. The molecular weight excluding hydrogens is 437 g/mol. The number of anilines is 2. The lowest BCUT2D eigenvalue weighted by Gasteiger charge is -2.18. The van der Waals surface area contributed by atoms with Gasteiger partial charge >= 0.3 is 6.18 Å². The van der Waals surface area contributed by atoms with Crippen molar-refractivity contribution in [2.45, 2.75) is 18.7 Å². The van der Waals surface area contributed by atoms with E-state index in [2.05, 4.69) is 30.3 Å². The monoisotopic (exact) mass is 460 g/mol. The molecule has 0 amide bonds. The molecule has 33 heavy (non-hydrogen) atoms. The van der Waals surface area contributed by atoms with Crippen LogP contribution in [-0.4, -0.2) is 63.5 Å². The van der Waals surface area contributed by atoms with Crippen LogP contribution in [-0.2, 0) is 10.9 Å². The second-order valence-corrected chi connectivity index (χ2v) is 7.62. The number of nitrogens with zero attached hydrogens (tertiary/aromatic N) is 6. The van der Waals surface area contributed by atoms with Gasteiger partial charge in [-0.25, -0.2) is 14.5 Å². The minimum absolute atomic E-state index is 0.0138. The lowest BCUT2D eigenvalue weighted by Crippen LogP contribution is -2.22. The number of pyridine rings is 1. The first-order valence-corrected chi connectivity index (χ1v) is 10.2. The number of aliphatic imine (C=N–C) groups is 1. The van der Waals surface area contributed by atoms with Gasteiger partial charge in [0.15, 0.2) is 11.6 Å². The number of alkyl halides is 3. The van der Waals surface area contributed by atoms with Crippen molar-refractivity contribution in [2.24, 2.45) is 10.7 Å². The molecule has 0 saturated carbocycles. The van der Waals surface area contributed by atoms with Gasteiger partial charge in [0, 0.05) is 50.2 Å². The van der Waals surface area contributed by atoms with E-state index in [1.54, 1.807) is 23.8 Å². The van der Waals surface area contributed by atoms with Crippen molar-refractivity contribution >= 4 is 22.9 Å². The van der Waals surface area contributed by atoms with E-state index in [1.807, 2.05) is 19.2 Å². The first kappa shape index (κ1) is 22.5. The summed E-state index contributed by atoms with van der Waals surface area (Å²) in [5.41, 5.74) is 6.86. The van der Waals surface area contributed by atoms with Crippen LogP contribution in [0.15, 0.2) is 53.7 Å². The second-order valence-electron chi connectivity index (χ2n) is 7.62. The molecule has 174 valence electrons. The summed E-state index contributed by atoms with van der Waals surface area (Å²) in [6.07, 6.45) is 0.353. The second kappa shape index (κ2) is 9.06. The number of nitrogens with two attached hydrogens (primary N) is 1. The molecule has 9 nitrogen and oxygen atoms in total. The molecule has 4 rings (SSSR count). The molecule has 0 aromatic carbocycles. The molecule has 3 aromatic rings. The fourth-order valence-electron chi connectivity index (χ4n) is 3.64. The molecule has 1 fully saturated rings. The molecule has 4 heterocycles. The van der Waals surface area contributed by atoms with Crippen LogP contribution in [0.3, 0.4) is 0 Å². The van der Waals surface area contributed by atoms with Gasteiger partial charge in [-0.1, -0.05) is 0 Å². The van der Waals surface area contributed by atoms with Crippen LogP contribution in [0.5, 0.6) is 0 Å². The fraction of sp³-hybridized carbons (Fsp3) is 0.333. The number of halogens is 3. The molecule has 1 atom stereocenters. The molecule has 1 saturated heterocycles. The Labute approximate surface area is 187 Å². The molecule has 0 spiro atoms. The third-order valence-corrected chi connectivity index (χ3v) is 5.20. The number of aromatic nitrogens is 4. The van der Waals surface area contributed by atoms with Crippen molar-refractivity contribution in [1.29, 1.82) is 0 Å². The minimum Gasteiger partial charge on any atom is -0.485 e. The van der Waals surface area contributed by atoms with Gasteiger partial charge in [-0.3, -0.25) is 4.99 Å². The molecule has 12 heteroatoms. The summed E-state index contributed by atoms with van der Waals surface area (Å²) in [4.78, 5) is 13.6. The molecule has 3 N–H and O–H groups in total. The lowest BCUT2D eigenvalue weighted by molar-refractivity contribution is -0.141. The predicted molar refractivity (Wildman–Crippen MR) is 117 cm³/mol. The summed E-state index contributed by atoms with van der Waals surface area (Å²) in [6, 6.07) is 6.17. The number of likely N-dealkylation sites (N-methyl/N-ethyl adjacent to an activating group) is 1. The number of ether oxygens (including phenoxy) is 1. The van der Waals surface area contributed by atoms with Gasteiger partial charge in [0.25, 0.3) is 0 Å². The zero-order chi connectivity index (χ0) is 23.6. The van der Waals surface area contributed by atoms with E-state index >= 15 is 0 Å². The van der Waals surface area contributed by atoms with E-state index in [9.17, 15) is 13.2 Å². The molecule has 3 aromatic heterocycles. The van der Waals surface area contributed by atoms with Crippen LogP contribution in [0.25, 0.3) is 5.52 Å². The number of allylic oxidation sites excluding steroid dienone is 1. The van der Waals surface area contributed by atoms with Crippen LogP contribution < -0.4 is 11.1 Å². The van der Waals surface area contributed by atoms with Gasteiger partial charge in [0.2, 0.25) is 0 Å². The van der Waals surface area contributed by atoms with Crippen molar-refractivity contribution in [3.63, 3.8) is 0 Å². The van der Waals surface area contributed by atoms with Gasteiger partial charge in [-0.2, -0.15) is 18.3 Å². The highest BCUT2D eigenvalue weighted by Crippen LogP contribution is 2.29. The van der Waals surface area contributed by atoms with Crippen LogP contribution in [0.1, 0.15) is 17.7 Å². The van der Waals surface area contributed by atoms with E-state index < -0.39 is 11.9 Å². The third kappa shape index (κ3) is 5.06. The maximum absolute atomic E-state index is 12.9. The van der Waals surface area contributed by atoms with Gasteiger partial charge in [-0.15, -0.1) is 0 Å². The van der Waals surface area contributed by atoms with Crippen molar-refractivity contribution < 1.29 is 17.9 Å². The van der Waals surface area contributed by atoms with Crippen LogP contribution in [0, 0.1) is 0 Å². The summed E-state index contributed by atoms with van der Waals surface area (Å²) in [7, 11) is 3.69. The smallest absolute Gasteiger partial charge is 0.433 e. The quantitative estimate of drug-likeness (QED) is 0.430. The van der Waals surface area contributed by atoms with Gasteiger partial charge in [0.1, 0.15) is 29.7 Å². The normalized spacial score (nSPS) is 18.2. The fourth-order valence-corrected chi connectivity index (χ4v) is 3.64. The van der Waals surface area contributed by atoms with E-state index in [0.29, 0.717) is 22.8 Å². The first-order chi connectivity index (χ1) is 15.8. The Balaban J connectivity index is 1.56. The van der Waals surface area contributed by atoms with Crippen molar-refractivity contribution in [3.05, 3.63) is 60.0 Å². The maximum atomic E-state index is 12.9. The van der Waals surface area contributed by atoms with Crippen molar-refractivity contribution in [1.82, 2.24) is 24.5 Å². The largest absolute Gasteiger partial charge is 0.485 e. The standard InChI is InChI=1S/C21H23F3N8O/c1-26-20(16(10-25)33-15-4-5-31(2)11-15)13-3-6-32-14(7-13)8-19(30-32)29-18-9-17(21(22,23)24)27-12-28-18/h3,6-10,12,15H,4-5,11,25H2,1-2H3,(H,27,28,29,30)/b16-10+,26-20?/t15-/m0/s1. The topological polar surface area (TPSA) is 106 Å². The van der Waals surface area contributed by atoms with Crippen molar-refractivity contribution in [2.75, 3.05) is 32.5 Å². The third-order valence-electron chi connectivity index (χ3n) is 5.20. The highest BCUT2D eigenvalue weighted by molar-refractivity contribution is 6.11. The number of rotatable bonds is 6. The average Bonchev–Trinajstić information content (AvgIpc) is 3.37. The molecule has 0 bridgehead atoms. The lowest BCUT2D eigenvalue weighted by atomic mass is 10.1. The summed E-state index contributed by atoms with van der Waals surface area (Å²) < 4.78 is 46.4. The van der Waals surface area contributed by atoms with E-state index in [4.69, 9.17) is 10.5 Å². The highest BCUT2D eigenvalue weighted by Gasteiger charge is 2.33. The van der Waals surface area contributed by atoms with Gasteiger partial charge in [-0.05, 0) is 25.6 Å². The summed E-state index contributed by atoms with van der Waals surface area (Å²) in [5, 5.41) is 7.11. The predicted octanol–water partition coefficient (Wildman–Crippen LogP) is 2.83. The molecule has 1 aliphatic rings. The number of fused-ring (bicyclic) bond motifs is 1. The number of hydrogen-bond acceptors (Lipinski definition) is 8. The first-order valence-electron chi connectivity index (χ1n) is 10.2. The number of nitrogens with one attached hydrogen (secondary N) is 1. The van der Waals surface area contributed by atoms with Gasteiger partial charge in [0.05, 0.1) is 5.52 Å². The Hall–Kier alpha value is -3.67. The number of hydrogen-bond donors (Lipinski definition) is 2. The maximum Gasteiger partial charge on any atom is 0.433 e. The average molecular weight is 460 g/mol. The number of likely N-dealkylation sites (tertiary alicyclic amines) is 1. The SMILES string of the molecule is CN=C(/C(=C\N)O[C@H]1CCN(C)C1)c1ccn2nc(Nc3cc(C(F)(F)F)ncn3)cc2c1. The zero-order valence-corrected chi connectivity index (χ0v) is 18.0. The minimum atomic E-state index is -4.56. The summed E-state index contributed by atoms with van der Waals surface area (Å²) in [5.74, 6) is 0.800. The Morgan fingerprint density at radius 2 is 2.09 bits per heavy atom. The Bertz CT molecular complexity index is 1200. The van der Waals surface area contributed by atoms with Crippen LogP contribution >= 0.6 is 0 Å². The zero-order valence-electron chi connectivity index (χ0n) is 18.0. The molecule has 0 aliphatic carbocycles. The molecule has 0 radical (unpaired) electrons. The van der Waals surface area contributed by atoms with E-state index in [-0.39, 0.29) is 11.9 Å². The molecule has 0 unspecified atom stereocenters. The van der Waals surface area contributed by atoms with Gasteiger partial charge < -0.3 is 20.7 Å². The highest BCUT2D eigenvalue weighted by atomic mass is 19.4. The Morgan fingerprint density at radius 1 is 1.27 bits per heavy atom. The Kier molecular flexibility index (Phi) is 6.18. The van der Waals surface area contributed by atoms with E-state index in [1.165, 1.54) is 6.20 Å². The molecular formula is C21H23F3N8O. The van der Waals surface area contributed by atoms with Crippen LogP contribution in [0.4, 0.5) is 24.8 Å². The van der Waals surface area contributed by atoms with Crippen molar-refractivity contribution in [3.8, 4) is 0 Å². The Morgan fingerprint density at radius 3 is 2.76 bits per heavy atom. The van der Waals surface area contributed by atoms with Crippen LogP contribution in [0.2, 0.25) is 0 Å². The van der Waals surface area contributed by atoms with E-state index in [0.717, 1.165) is 37.5 Å².